The van der Waals surface area contributed by atoms with Gasteiger partial charge < -0.3 is 10.1 Å². The summed E-state index contributed by atoms with van der Waals surface area (Å²) >= 11 is 0. The van der Waals surface area contributed by atoms with Crippen LogP contribution < -0.4 is 10.1 Å². The molecule has 1 N–H and O–H groups in total. The molecule has 102 valence electrons. The molecule has 1 aromatic rings. The van der Waals surface area contributed by atoms with E-state index >= 15 is 0 Å². The van der Waals surface area contributed by atoms with E-state index in [0.29, 0.717) is 0 Å². The Bertz CT molecular complexity index is 504. The molecule has 1 amide bonds. The van der Waals surface area contributed by atoms with Gasteiger partial charge in [0, 0.05) is 17.0 Å². The van der Waals surface area contributed by atoms with Crippen LogP contribution in [0.2, 0.25) is 0 Å². The Hall–Kier alpha value is -1.77. The average Bonchev–Trinajstić information content (AvgIpc) is 2.64. The summed E-state index contributed by atoms with van der Waals surface area (Å²) in [7, 11) is 1.65. The largest absolute Gasteiger partial charge is 0.497 e. The molecule has 1 heterocycles. The van der Waals surface area contributed by atoms with Crippen molar-refractivity contribution >= 4 is 12.0 Å². The molecule has 0 bridgehead atoms. The first-order valence-corrected chi connectivity index (χ1v) is 6.68. The van der Waals surface area contributed by atoms with Gasteiger partial charge in [-0.1, -0.05) is 26.0 Å². The predicted molar refractivity (Wildman–Crippen MR) is 77.0 cm³/mol. The molecule has 0 radical (unpaired) electrons. The predicted octanol–water partition coefficient (Wildman–Crippen LogP) is 3.01. The number of methoxy groups -OCH3 is 1. The zero-order chi connectivity index (χ0) is 14.0. The highest BCUT2D eigenvalue weighted by atomic mass is 16.5. The fourth-order valence-electron chi connectivity index (χ4n) is 2.44. The van der Waals surface area contributed by atoms with Crippen molar-refractivity contribution in [3.05, 3.63) is 35.4 Å². The molecule has 0 aromatic heterocycles. The lowest BCUT2D eigenvalue weighted by molar-refractivity contribution is -0.117. The van der Waals surface area contributed by atoms with E-state index in [-0.39, 0.29) is 17.4 Å². The van der Waals surface area contributed by atoms with E-state index in [1.54, 1.807) is 7.11 Å². The van der Waals surface area contributed by atoms with Gasteiger partial charge in [-0.05, 0) is 37.1 Å². The first-order valence-electron chi connectivity index (χ1n) is 6.68. The first kappa shape index (κ1) is 13.7. The number of nitrogens with one attached hydrogen (secondary N) is 1. The molecule has 19 heavy (non-hydrogen) atoms. The van der Waals surface area contributed by atoms with Crippen LogP contribution in [0, 0.1) is 5.92 Å². The summed E-state index contributed by atoms with van der Waals surface area (Å²) in [4.78, 5) is 12.1. The van der Waals surface area contributed by atoms with Gasteiger partial charge in [0.1, 0.15) is 5.75 Å². The summed E-state index contributed by atoms with van der Waals surface area (Å²) in [5.74, 6) is 1.09. The van der Waals surface area contributed by atoms with Crippen molar-refractivity contribution in [3.8, 4) is 5.75 Å². The van der Waals surface area contributed by atoms with Gasteiger partial charge in [-0.25, -0.2) is 0 Å². The van der Waals surface area contributed by atoms with Crippen LogP contribution in [0.4, 0.5) is 0 Å². The smallest absolute Gasteiger partial charge is 0.248 e. The number of benzene rings is 1. The molecule has 1 aliphatic heterocycles. The molecule has 1 saturated heterocycles. The van der Waals surface area contributed by atoms with Gasteiger partial charge in [0.05, 0.1) is 7.11 Å². The Morgan fingerprint density at radius 3 is 2.47 bits per heavy atom. The van der Waals surface area contributed by atoms with Crippen LogP contribution >= 0.6 is 0 Å². The second kappa shape index (κ2) is 5.08. The van der Waals surface area contributed by atoms with E-state index in [0.717, 1.165) is 23.3 Å². The van der Waals surface area contributed by atoms with Gasteiger partial charge in [-0.15, -0.1) is 0 Å². The maximum absolute atomic E-state index is 12.1. The normalized spacial score (nSPS) is 28.5. The summed E-state index contributed by atoms with van der Waals surface area (Å²) < 4.78 is 5.13. The lowest BCUT2D eigenvalue weighted by atomic mass is 9.83. The molecule has 1 aliphatic rings. The quantitative estimate of drug-likeness (QED) is 0.847. The van der Waals surface area contributed by atoms with E-state index in [4.69, 9.17) is 4.74 Å². The van der Waals surface area contributed by atoms with Crippen LogP contribution in [-0.4, -0.2) is 18.6 Å². The van der Waals surface area contributed by atoms with Crippen LogP contribution in [0.15, 0.2) is 29.8 Å². The van der Waals surface area contributed by atoms with Crippen LogP contribution in [0.5, 0.6) is 5.75 Å². The van der Waals surface area contributed by atoms with E-state index in [9.17, 15) is 4.79 Å². The van der Waals surface area contributed by atoms with Gasteiger partial charge in [0.15, 0.2) is 0 Å². The Balaban J connectivity index is 2.29. The molecule has 2 atom stereocenters. The Morgan fingerprint density at radius 1 is 1.37 bits per heavy atom. The zero-order valence-corrected chi connectivity index (χ0v) is 12.0. The number of amides is 1. The minimum atomic E-state index is -0.130. The third kappa shape index (κ3) is 2.50. The van der Waals surface area contributed by atoms with Crippen LogP contribution in [-0.2, 0) is 4.79 Å². The molecule has 3 nitrogen and oxygen atoms in total. The van der Waals surface area contributed by atoms with Gasteiger partial charge in [-0.3, -0.25) is 4.79 Å². The molecule has 1 fully saturated rings. The summed E-state index contributed by atoms with van der Waals surface area (Å²) in [6, 6.07) is 7.74. The topological polar surface area (TPSA) is 38.3 Å². The molecule has 3 heteroatoms. The number of hydrogen-bond acceptors (Lipinski definition) is 2. The van der Waals surface area contributed by atoms with Crippen molar-refractivity contribution in [1.82, 2.24) is 5.32 Å². The monoisotopic (exact) mass is 259 g/mol. The number of rotatable bonds is 3. The van der Waals surface area contributed by atoms with Gasteiger partial charge >= 0.3 is 0 Å². The minimum Gasteiger partial charge on any atom is -0.497 e. The SMILES string of the molecule is CCC1(C)NC(=O)C(=Cc2ccc(OC)cc2)C1C. The molecular weight excluding hydrogens is 238 g/mol. The molecule has 0 spiro atoms. The number of carbonyl (C=O) groups is 1. The maximum Gasteiger partial charge on any atom is 0.248 e. The third-order valence-electron chi connectivity index (χ3n) is 4.26. The summed E-state index contributed by atoms with van der Waals surface area (Å²) in [6.45, 7) is 6.31. The van der Waals surface area contributed by atoms with Gasteiger partial charge in [0.25, 0.3) is 0 Å². The van der Waals surface area contributed by atoms with Crippen molar-refractivity contribution < 1.29 is 9.53 Å². The fourth-order valence-corrected chi connectivity index (χ4v) is 2.44. The van der Waals surface area contributed by atoms with Crippen molar-refractivity contribution in [1.29, 1.82) is 0 Å². The number of ether oxygens (including phenoxy) is 1. The van der Waals surface area contributed by atoms with Gasteiger partial charge in [0.2, 0.25) is 5.91 Å². The number of hydrogen-bond donors (Lipinski definition) is 1. The van der Waals surface area contributed by atoms with Crippen molar-refractivity contribution in [2.45, 2.75) is 32.7 Å². The Labute approximate surface area is 114 Å². The Kier molecular flexibility index (Phi) is 3.65. The highest BCUT2D eigenvalue weighted by Crippen LogP contribution is 2.34. The molecule has 0 saturated carbocycles. The van der Waals surface area contributed by atoms with Crippen LogP contribution in [0.1, 0.15) is 32.8 Å². The highest BCUT2D eigenvalue weighted by molar-refractivity contribution is 6.01. The lowest BCUT2D eigenvalue weighted by Crippen LogP contribution is -2.41. The molecule has 1 aromatic carbocycles. The highest BCUT2D eigenvalue weighted by Gasteiger charge is 2.42. The molecule has 0 aliphatic carbocycles. The average molecular weight is 259 g/mol. The molecular formula is C16H21NO2. The third-order valence-corrected chi connectivity index (χ3v) is 4.26. The van der Waals surface area contributed by atoms with Crippen molar-refractivity contribution in [2.75, 3.05) is 7.11 Å². The van der Waals surface area contributed by atoms with Crippen LogP contribution in [0.3, 0.4) is 0 Å². The summed E-state index contributed by atoms with van der Waals surface area (Å²) in [5.41, 5.74) is 1.75. The standard InChI is InChI=1S/C16H21NO2/c1-5-16(3)11(2)14(15(18)17-16)10-12-6-8-13(19-4)9-7-12/h6-11H,5H2,1-4H3,(H,17,18). The molecule has 2 rings (SSSR count). The van der Waals surface area contributed by atoms with E-state index in [1.807, 2.05) is 30.3 Å². The fraction of sp³-hybridized carbons (Fsp3) is 0.438. The maximum atomic E-state index is 12.1. The second-order valence-corrected chi connectivity index (χ2v) is 5.32. The van der Waals surface area contributed by atoms with Gasteiger partial charge in [-0.2, -0.15) is 0 Å². The lowest BCUT2D eigenvalue weighted by Gasteiger charge is -2.26. The summed E-state index contributed by atoms with van der Waals surface area (Å²) in [6.07, 6.45) is 2.90. The van der Waals surface area contributed by atoms with E-state index < -0.39 is 0 Å². The van der Waals surface area contributed by atoms with E-state index in [2.05, 4.69) is 26.1 Å². The minimum absolute atomic E-state index is 0.0488. The summed E-state index contributed by atoms with van der Waals surface area (Å²) in [5, 5.41) is 3.09. The van der Waals surface area contributed by atoms with E-state index in [1.165, 1.54) is 0 Å². The molecule has 2 unspecified atom stereocenters. The second-order valence-electron chi connectivity index (χ2n) is 5.32. The zero-order valence-electron chi connectivity index (χ0n) is 12.0. The first-order chi connectivity index (χ1) is 9.00. The van der Waals surface area contributed by atoms with Crippen molar-refractivity contribution in [3.63, 3.8) is 0 Å². The Morgan fingerprint density at radius 2 is 2.00 bits per heavy atom. The number of carbonyl (C=O) groups excluding carboxylic acids is 1. The van der Waals surface area contributed by atoms with Crippen molar-refractivity contribution in [2.24, 2.45) is 5.92 Å². The van der Waals surface area contributed by atoms with Crippen LogP contribution in [0.25, 0.3) is 6.08 Å².